The van der Waals surface area contributed by atoms with Crippen molar-refractivity contribution >= 4 is 10.0 Å². The quantitative estimate of drug-likeness (QED) is 0.690. The number of nitrogens with one attached hydrogen (secondary N) is 1. The van der Waals surface area contributed by atoms with E-state index in [1.165, 1.54) is 0 Å². The third-order valence-corrected chi connectivity index (χ3v) is 3.83. The van der Waals surface area contributed by atoms with Gasteiger partial charge in [-0.05, 0) is 12.5 Å². The lowest BCUT2D eigenvalue weighted by molar-refractivity contribution is 0.0784. The van der Waals surface area contributed by atoms with Crippen molar-refractivity contribution in [2.75, 3.05) is 32.7 Å². The zero-order chi connectivity index (χ0) is 14.1. The van der Waals surface area contributed by atoms with E-state index in [0.717, 1.165) is 11.1 Å². The Hall–Kier alpha value is -0.950. The summed E-state index contributed by atoms with van der Waals surface area (Å²) < 4.78 is 35.8. The number of ether oxygens (including phenoxy) is 2. The van der Waals surface area contributed by atoms with Crippen LogP contribution in [0, 0.1) is 6.92 Å². The van der Waals surface area contributed by atoms with Gasteiger partial charge in [0, 0.05) is 13.7 Å². The molecule has 0 atom stereocenters. The number of aryl methyl sites for hydroxylation is 1. The Labute approximate surface area is 115 Å². The van der Waals surface area contributed by atoms with E-state index in [1.54, 1.807) is 7.11 Å². The van der Waals surface area contributed by atoms with Gasteiger partial charge >= 0.3 is 0 Å². The highest BCUT2D eigenvalue weighted by Gasteiger charge is 2.09. The van der Waals surface area contributed by atoms with Crippen LogP contribution in [0.2, 0.25) is 0 Å². The van der Waals surface area contributed by atoms with Gasteiger partial charge in [0.1, 0.15) is 0 Å². The predicted octanol–water partition coefficient (Wildman–Crippen LogP) is 1.08. The first-order valence-electron chi connectivity index (χ1n) is 6.13. The average Bonchev–Trinajstić information content (AvgIpc) is 2.38. The van der Waals surface area contributed by atoms with Crippen LogP contribution in [0.25, 0.3) is 0 Å². The molecule has 0 saturated carbocycles. The summed E-state index contributed by atoms with van der Waals surface area (Å²) in [5.41, 5.74) is 2.09. The van der Waals surface area contributed by atoms with E-state index in [2.05, 4.69) is 4.72 Å². The van der Waals surface area contributed by atoms with Gasteiger partial charge in [0.05, 0.1) is 25.6 Å². The van der Waals surface area contributed by atoms with Gasteiger partial charge in [-0.15, -0.1) is 0 Å². The van der Waals surface area contributed by atoms with E-state index in [-0.39, 0.29) is 12.4 Å². The second-order valence-electron chi connectivity index (χ2n) is 4.23. The summed E-state index contributed by atoms with van der Waals surface area (Å²) in [4.78, 5) is 0. The molecule has 108 valence electrons. The topological polar surface area (TPSA) is 64.6 Å². The van der Waals surface area contributed by atoms with Crippen molar-refractivity contribution < 1.29 is 17.9 Å². The molecule has 0 aliphatic carbocycles. The molecule has 0 bridgehead atoms. The van der Waals surface area contributed by atoms with Crippen molar-refractivity contribution in [1.82, 2.24) is 4.72 Å². The summed E-state index contributed by atoms with van der Waals surface area (Å²) in [7, 11) is -1.72. The fourth-order valence-corrected chi connectivity index (χ4v) is 2.25. The van der Waals surface area contributed by atoms with Gasteiger partial charge in [0.25, 0.3) is 0 Å². The summed E-state index contributed by atoms with van der Waals surface area (Å²) in [5, 5.41) is 0. The van der Waals surface area contributed by atoms with Gasteiger partial charge in [0.2, 0.25) is 10.0 Å². The van der Waals surface area contributed by atoms with Crippen LogP contribution in [-0.4, -0.2) is 41.1 Å². The van der Waals surface area contributed by atoms with Crippen LogP contribution >= 0.6 is 0 Å². The van der Waals surface area contributed by atoms with E-state index < -0.39 is 10.0 Å². The van der Waals surface area contributed by atoms with Crippen LogP contribution in [0.15, 0.2) is 24.3 Å². The highest BCUT2D eigenvalue weighted by atomic mass is 32.2. The van der Waals surface area contributed by atoms with Crippen molar-refractivity contribution in [3.05, 3.63) is 35.4 Å². The third kappa shape index (κ3) is 7.27. The van der Waals surface area contributed by atoms with Crippen molar-refractivity contribution in [1.29, 1.82) is 0 Å². The Bertz CT molecular complexity index is 456. The molecular weight excluding hydrogens is 266 g/mol. The lowest BCUT2D eigenvalue weighted by atomic mass is 10.2. The molecule has 0 fully saturated rings. The number of sulfonamides is 1. The van der Waals surface area contributed by atoms with Crippen LogP contribution in [0.1, 0.15) is 11.1 Å². The molecule has 0 unspecified atom stereocenters. The first-order valence-corrected chi connectivity index (χ1v) is 7.78. The smallest absolute Gasteiger partial charge is 0.214 e. The van der Waals surface area contributed by atoms with Crippen LogP contribution in [0.3, 0.4) is 0 Å². The summed E-state index contributed by atoms with van der Waals surface area (Å²) in [6.45, 7) is 3.35. The predicted molar refractivity (Wildman–Crippen MR) is 74.5 cm³/mol. The average molecular weight is 287 g/mol. The second kappa shape index (κ2) is 8.27. The fourth-order valence-electron chi connectivity index (χ4n) is 1.38. The molecule has 1 aromatic rings. The maximum atomic E-state index is 11.7. The van der Waals surface area contributed by atoms with E-state index in [4.69, 9.17) is 9.47 Å². The largest absolute Gasteiger partial charge is 0.382 e. The molecular formula is C13H21NO4S. The van der Waals surface area contributed by atoms with Gasteiger partial charge in [0.15, 0.2) is 0 Å². The zero-order valence-electron chi connectivity index (χ0n) is 11.4. The highest BCUT2D eigenvalue weighted by molar-refractivity contribution is 7.89. The van der Waals surface area contributed by atoms with Crippen molar-refractivity contribution in [2.45, 2.75) is 13.5 Å². The number of hydrogen-bond donors (Lipinski definition) is 1. The standard InChI is InChI=1S/C13H21NO4S/c1-12-3-5-13(6-4-12)11-14-19(15,16)10-9-18-8-7-17-2/h3-6,14H,7-11H2,1-2H3. The molecule has 1 N–H and O–H groups in total. The minimum Gasteiger partial charge on any atom is -0.382 e. The van der Waals surface area contributed by atoms with Gasteiger partial charge in [-0.3, -0.25) is 0 Å². The molecule has 0 aromatic heterocycles. The second-order valence-corrected chi connectivity index (χ2v) is 6.16. The molecule has 19 heavy (non-hydrogen) atoms. The van der Waals surface area contributed by atoms with E-state index >= 15 is 0 Å². The lowest BCUT2D eigenvalue weighted by Crippen LogP contribution is -2.28. The Morgan fingerprint density at radius 3 is 2.42 bits per heavy atom. The lowest BCUT2D eigenvalue weighted by Gasteiger charge is -2.07. The van der Waals surface area contributed by atoms with E-state index in [9.17, 15) is 8.42 Å². The monoisotopic (exact) mass is 287 g/mol. The van der Waals surface area contributed by atoms with Gasteiger partial charge < -0.3 is 9.47 Å². The van der Waals surface area contributed by atoms with E-state index in [1.807, 2.05) is 31.2 Å². The van der Waals surface area contributed by atoms with Crippen LogP contribution in [-0.2, 0) is 26.0 Å². The summed E-state index contributed by atoms with van der Waals surface area (Å²) >= 11 is 0. The van der Waals surface area contributed by atoms with Crippen LogP contribution in [0.4, 0.5) is 0 Å². The summed E-state index contributed by atoms with van der Waals surface area (Å²) in [6.07, 6.45) is 0. The minimum absolute atomic E-state index is 0.0391. The number of hydrogen-bond acceptors (Lipinski definition) is 4. The van der Waals surface area contributed by atoms with Crippen molar-refractivity contribution in [2.24, 2.45) is 0 Å². The molecule has 1 aromatic carbocycles. The SMILES string of the molecule is COCCOCCS(=O)(=O)NCc1ccc(C)cc1. The molecule has 1 rings (SSSR count). The molecule has 0 aliphatic heterocycles. The Morgan fingerprint density at radius 2 is 1.79 bits per heavy atom. The van der Waals surface area contributed by atoms with Crippen LogP contribution < -0.4 is 4.72 Å². The third-order valence-electron chi connectivity index (χ3n) is 2.55. The minimum atomic E-state index is -3.29. The highest BCUT2D eigenvalue weighted by Crippen LogP contribution is 2.03. The number of benzene rings is 1. The van der Waals surface area contributed by atoms with Gasteiger partial charge in [-0.1, -0.05) is 29.8 Å². The van der Waals surface area contributed by atoms with Crippen molar-refractivity contribution in [3.8, 4) is 0 Å². The fraction of sp³-hybridized carbons (Fsp3) is 0.538. The van der Waals surface area contributed by atoms with Crippen LogP contribution in [0.5, 0.6) is 0 Å². The van der Waals surface area contributed by atoms with Gasteiger partial charge in [-0.25, -0.2) is 13.1 Å². The maximum absolute atomic E-state index is 11.7. The molecule has 6 heteroatoms. The first-order chi connectivity index (χ1) is 9.03. The summed E-state index contributed by atoms with van der Waals surface area (Å²) in [5.74, 6) is -0.0391. The molecule has 0 radical (unpaired) electrons. The molecule has 0 amide bonds. The maximum Gasteiger partial charge on any atom is 0.214 e. The van der Waals surface area contributed by atoms with Crippen molar-refractivity contribution in [3.63, 3.8) is 0 Å². The van der Waals surface area contributed by atoms with Gasteiger partial charge in [-0.2, -0.15) is 0 Å². The number of rotatable bonds is 9. The molecule has 0 saturated heterocycles. The summed E-state index contributed by atoms with van der Waals surface area (Å²) in [6, 6.07) is 7.73. The molecule has 0 spiro atoms. The molecule has 5 nitrogen and oxygen atoms in total. The normalized spacial score (nSPS) is 11.7. The first kappa shape index (κ1) is 16.1. The Kier molecular flexibility index (Phi) is 7.01. The Balaban J connectivity index is 2.28. The molecule has 0 aliphatic rings. The molecule has 0 heterocycles. The van der Waals surface area contributed by atoms with E-state index in [0.29, 0.717) is 19.8 Å². The Morgan fingerprint density at radius 1 is 1.11 bits per heavy atom. The number of methoxy groups -OCH3 is 1. The zero-order valence-corrected chi connectivity index (χ0v) is 12.2.